The first-order chi connectivity index (χ1) is 9.47. The molecular formula is C13H16Cl3NO3. The van der Waals surface area contributed by atoms with Crippen molar-refractivity contribution in [1.29, 1.82) is 0 Å². The highest BCUT2D eigenvalue weighted by atomic mass is 35.5. The number of benzene rings is 1. The fourth-order valence-electron chi connectivity index (χ4n) is 1.56. The second-order valence-electron chi connectivity index (χ2n) is 4.17. The Balaban J connectivity index is 2.54. The van der Waals surface area contributed by atoms with Gasteiger partial charge in [0.15, 0.2) is 6.61 Å². The predicted octanol–water partition coefficient (Wildman–Crippen LogP) is 3.30. The van der Waals surface area contributed by atoms with Crippen LogP contribution in [0.3, 0.4) is 0 Å². The minimum Gasteiger partial charge on any atom is -0.482 e. The molecule has 0 saturated heterocycles. The van der Waals surface area contributed by atoms with Gasteiger partial charge < -0.3 is 15.2 Å². The second-order valence-corrected chi connectivity index (χ2v) is 5.39. The molecule has 4 nitrogen and oxygen atoms in total. The molecule has 1 amide bonds. The van der Waals surface area contributed by atoms with E-state index in [1.165, 1.54) is 12.1 Å². The van der Waals surface area contributed by atoms with Crippen molar-refractivity contribution in [1.82, 2.24) is 5.32 Å². The standard InChI is InChI=1S/C13H16Cl3NO3/c1-2-8(3-4-18)17-13(19)7-20-12-6-10(15)9(14)5-11(12)16/h5-6,8,18H,2-4,7H2,1H3,(H,17,19). The summed E-state index contributed by atoms with van der Waals surface area (Å²) in [6, 6.07) is 2.85. The summed E-state index contributed by atoms with van der Waals surface area (Å²) in [5.41, 5.74) is 0. The maximum absolute atomic E-state index is 11.7. The summed E-state index contributed by atoms with van der Waals surface area (Å²) in [5, 5.41) is 12.5. The van der Waals surface area contributed by atoms with Crippen LogP contribution < -0.4 is 10.1 Å². The SMILES string of the molecule is CCC(CCO)NC(=O)COc1cc(Cl)c(Cl)cc1Cl. The van der Waals surface area contributed by atoms with Crippen LogP contribution in [0.2, 0.25) is 15.1 Å². The monoisotopic (exact) mass is 339 g/mol. The maximum Gasteiger partial charge on any atom is 0.258 e. The van der Waals surface area contributed by atoms with Gasteiger partial charge in [-0.15, -0.1) is 0 Å². The number of rotatable bonds is 7. The molecule has 0 aliphatic carbocycles. The smallest absolute Gasteiger partial charge is 0.258 e. The van der Waals surface area contributed by atoms with Crippen LogP contribution in [0.5, 0.6) is 5.75 Å². The molecule has 0 spiro atoms. The highest BCUT2D eigenvalue weighted by Gasteiger charge is 2.12. The van der Waals surface area contributed by atoms with Crippen LogP contribution in [0.25, 0.3) is 0 Å². The van der Waals surface area contributed by atoms with E-state index < -0.39 is 0 Å². The van der Waals surface area contributed by atoms with Crippen molar-refractivity contribution in [3.63, 3.8) is 0 Å². The Bertz CT molecular complexity index is 468. The van der Waals surface area contributed by atoms with Crippen LogP contribution >= 0.6 is 34.8 Å². The van der Waals surface area contributed by atoms with Gasteiger partial charge >= 0.3 is 0 Å². The molecule has 1 atom stereocenters. The van der Waals surface area contributed by atoms with Crippen LogP contribution in [-0.4, -0.2) is 30.3 Å². The fraction of sp³-hybridized carbons (Fsp3) is 0.462. The van der Waals surface area contributed by atoms with E-state index in [1.807, 2.05) is 6.92 Å². The van der Waals surface area contributed by atoms with Crippen molar-refractivity contribution in [3.8, 4) is 5.75 Å². The van der Waals surface area contributed by atoms with Crippen LogP contribution in [0, 0.1) is 0 Å². The van der Waals surface area contributed by atoms with Gasteiger partial charge in [0, 0.05) is 18.7 Å². The number of hydrogen-bond acceptors (Lipinski definition) is 3. The van der Waals surface area contributed by atoms with Gasteiger partial charge in [0.05, 0.1) is 15.1 Å². The molecule has 1 aromatic carbocycles. The lowest BCUT2D eigenvalue weighted by Gasteiger charge is -2.16. The minimum absolute atomic E-state index is 0.0261. The summed E-state index contributed by atoms with van der Waals surface area (Å²) >= 11 is 17.6. The molecule has 0 bridgehead atoms. The first kappa shape index (κ1) is 17.4. The van der Waals surface area contributed by atoms with Gasteiger partial charge in [0.25, 0.3) is 5.91 Å². The maximum atomic E-state index is 11.7. The normalized spacial score (nSPS) is 12.1. The summed E-state index contributed by atoms with van der Waals surface area (Å²) in [4.78, 5) is 11.7. The van der Waals surface area contributed by atoms with Crippen LogP contribution in [0.1, 0.15) is 19.8 Å². The van der Waals surface area contributed by atoms with Gasteiger partial charge in [-0.2, -0.15) is 0 Å². The molecule has 112 valence electrons. The van der Waals surface area contributed by atoms with E-state index in [2.05, 4.69) is 5.32 Å². The summed E-state index contributed by atoms with van der Waals surface area (Å²) < 4.78 is 5.31. The van der Waals surface area contributed by atoms with E-state index in [0.29, 0.717) is 22.2 Å². The average Bonchev–Trinajstić information content (AvgIpc) is 2.40. The zero-order chi connectivity index (χ0) is 15.1. The third-order valence-corrected chi connectivity index (χ3v) is 3.69. The molecule has 7 heteroatoms. The van der Waals surface area contributed by atoms with Gasteiger partial charge in [0.1, 0.15) is 5.75 Å². The Labute approximate surface area is 133 Å². The molecule has 0 saturated carbocycles. The number of carbonyl (C=O) groups is 1. The van der Waals surface area contributed by atoms with Gasteiger partial charge in [0.2, 0.25) is 0 Å². The zero-order valence-electron chi connectivity index (χ0n) is 11.0. The zero-order valence-corrected chi connectivity index (χ0v) is 13.2. The molecule has 0 heterocycles. The van der Waals surface area contributed by atoms with E-state index in [-0.39, 0.29) is 30.2 Å². The molecule has 0 fully saturated rings. The average molecular weight is 341 g/mol. The van der Waals surface area contributed by atoms with Gasteiger partial charge in [-0.3, -0.25) is 4.79 Å². The van der Waals surface area contributed by atoms with Crippen molar-refractivity contribution >= 4 is 40.7 Å². The Kier molecular flexibility index (Phi) is 7.45. The first-order valence-corrected chi connectivity index (χ1v) is 7.28. The molecule has 0 aromatic heterocycles. The summed E-state index contributed by atoms with van der Waals surface area (Å²) in [7, 11) is 0. The molecular weight excluding hydrogens is 325 g/mol. The van der Waals surface area contributed by atoms with Crippen molar-refractivity contribution < 1.29 is 14.6 Å². The number of aliphatic hydroxyl groups excluding tert-OH is 1. The van der Waals surface area contributed by atoms with Crippen LogP contribution in [0.4, 0.5) is 0 Å². The van der Waals surface area contributed by atoms with Crippen molar-refractivity contribution in [3.05, 3.63) is 27.2 Å². The number of halogens is 3. The summed E-state index contributed by atoms with van der Waals surface area (Å²) in [6.07, 6.45) is 1.25. The summed E-state index contributed by atoms with van der Waals surface area (Å²) in [6.45, 7) is 1.77. The number of aliphatic hydroxyl groups is 1. The largest absolute Gasteiger partial charge is 0.482 e. The van der Waals surface area contributed by atoms with E-state index in [0.717, 1.165) is 6.42 Å². The molecule has 1 unspecified atom stereocenters. The Morgan fingerprint density at radius 3 is 2.55 bits per heavy atom. The Hall–Kier alpha value is -0.680. The van der Waals surface area contributed by atoms with E-state index in [1.54, 1.807) is 0 Å². The predicted molar refractivity (Wildman–Crippen MR) is 80.9 cm³/mol. The minimum atomic E-state index is -0.285. The molecule has 1 aromatic rings. The van der Waals surface area contributed by atoms with Gasteiger partial charge in [-0.25, -0.2) is 0 Å². The lowest BCUT2D eigenvalue weighted by Crippen LogP contribution is -2.38. The molecule has 2 N–H and O–H groups in total. The quantitative estimate of drug-likeness (QED) is 0.749. The van der Waals surface area contributed by atoms with Crippen molar-refractivity contribution in [2.75, 3.05) is 13.2 Å². The number of hydrogen-bond donors (Lipinski definition) is 2. The molecule has 0 aliphatic rings. The number of amides is 1. The second kappa shape index (κ2) is 8.57. The number of carbonyl (C=O) groups excluding carboxylic acids is 1. The Morgan fingerprint density at radius 2 is 1.95 bits per heavy atom. The first-order valence-electron chi connectivity index (χ1n) is 6.15. The third kappa shape index (κ3) is 5.37. The number of nitrogens with one attached hydrogen (secondary N) is 1. The molecule has 0 aliphatic heterocycles. The lowest BCUT2D eigenvalue weighted by molar-refractivity contribution is -0.123. The van der Waals surface area contributed by atoms with E-state index >= 15 is 0 Å². The van der Waals surface area contributed by atoms with E-state index in [9.17, 15) is 4.79 Å². The molecule has 0 radical (unpaired) electrons. The number of ether oxygens (including phenoxy) is 1. The highest BCUT2D eigenvalue weighted by Crippen LogP contribution is 2.33. The van der Waals surface area contributed by atoms with Gasteiger partial charge in [-0.05, 0) is 18.9 Å². The van der Waals surface area contributed by atoms with Crippen molar-refractivity contribution in [2.24, 2.45) is 0 Å². The summed E-state index contributed by atoms with van der Waals surface area (Å²) in [5.74, 6) is 0.0128. The Morgan fingerprint density at radius 1 is 1.30 bits per heavy atom. The van der Waals surface area contributed by atoms with E-state index in [4.69, 9.17) is 44.6 Å². The fourth-order valence-corrected chi connectivity index (χ4v) is 2.15. The highest BCUT2D eigenvalue weighted by molar-refractivity contribution is 6.43. The lowest BCUT2D eigenvalue weighted by atomic mass is 10.1. The third-order valence-electron chi connectivity index (χ3n) is 2.67. The van der Waals surface area contributed by atoms with Gasteiger partial charge in [-0.1, -0.05) is 41.7 Å². The van der Waals surface area contributed by atoms with Crippen LogP contribution in [0.15, 0.2) is 12.1 Å². The molecule has 1 rings (SSSR count). The van der Waals surface area contributed by atoms with Crippen LogP contribution in [-0.2, 0) is 4.79 Å². The topological polar surface area (TPSA) is 58.6 Å². The molecule has 20 heavy (non-hydrogen) atoms. The van der Waals surface area contributed by atoms with Crippen molar-refractivity contribution in [2.45, 2.75) is 25.8 Å².